The molecule has 114 valence electrons. The molecule has 2 N–H and O–H groups in total. The van der Waals surface area contributed by atoms with Crippen molar-refractivity contribution >= 4 is 11.7 Å². The Bertz CT molecular complexity index is 590. The van der Waals surface area contributed by atoms with Crippen molar-refractivity contribution < 1.29 is 9.32 Å². The van der Waals surface area contributed by atoms with E-state index in [0.717, 1.165) is 12.1 Å². The van der Waals surface area contributed by atoms with Crippen molar-refractivity contribution in [2.24, 2.45) is 0 Å². The fourth-order valence-corrected chi connectivity index (χ4v) is 2.00. The van der Waals surface area contributed by atoms with Crippen LogP contribution in [0, 0.1) is 13.8 Å². The number of aryl methyl sites for hydroxylation is 2. The first-order valence-electron chi connectivity index (χ1n) is 7.05. The average molecular weight is 291 g/mol. The van der Waals surface area contributed by atoms with E-state index >= 15 is 0 Å². The van der Waals surface area contributed by atoms with Gasteiger partial charge in [-0.1, -0.05) is 12.1 Å². The molecule has 7 nitrogen and oxygen atoms in total. The van der Waals surface area contributed by atoms with Gasteiger partial charge in [-0.2, -0.15) is 5.10 Å². The maximum Gasteiger partial charge on any atom is 0.242 e. The molecule has 0 radical (unpaired) electrons. The maximum atomic E-state index is 12.1. The molecule has 1 amide bonds. The van der Waals surface area contributed by atoms with Crippen LogP contribution in [0.5, 0.6) is 0 Å². The highest BCUT2D eigenvalue weighted by Crippen LogP contribution is 2.08. The molecule has 0 saturated heterocycles. The van der Waals surface area contributed by atoms with Crippen LogP contribution in [0.3, 0.4) is 0 Å². The highest BCUT2D eigenvalue weighted by atomic mass is 16.5. The van der Waals surface area contributed by atoms with Crippen LogP contribution in [0.2, 0.25) is 0 Å². The zero-order valence-electron chi connectivity index (χ0n) is 12.6. The van der Waals surface area contributed by atoms with Crippen LogP contribution in [-0.4, -0.2) is 33.4 Å². The van der Waals surface area contributed by atoms with Gasteiger partial charge in [0.05, 0.1) is 18.8 Å². The van der Waals surface area contributed by atoms with E-state index in [9.17, 15) is 4.79 Å². The Labute approximate surface area is 123 Å². The van der Waals surface area contributed by atoms with Crippen molar-refractivity contribution in [1.29, 1.82) is 0 Å². The van der Waals surface area contributed by atoms with E-state index < -0.39 is 0 Å². The molecule has 0 unspecified atom stereocenters. The first-order chi connectivity index (χ1) is 10.1. The molecule has 0 aromatic carbocycles. The third-order valence-corrected chi connectivity index (χ3v) is 3.10. The first kappa shape index (κ1) is 15.2. The van der Waals surface area contributed by atoms with Gasteiger partial charge in [-0.25, -0.2) is 0 Å². The largest absolute Gasteiger partial charge is 0.360 e. The third kappa shape index (κ3) is 4.42. The monoisotopic (exact) mass is 291 g/mol. The van der Waals surface area contributed by atoms with Gasteiger partial charge in [0.25, 0.3) is 0 Å². The van der Waals surface area contributed by atoms with Gasteiger partial charge in [-0.15, -0.1) is 0 Å². The molecule has 2 heterocycles. The van der Waals surface area contributed by atoms with E-state index in [0.29, 0.717) is 24.5 Å². The second-order valence-corrected chi connectivity index (χ2v) is 5.01. The second-order valence-electron chi connectivity index (χ2n) is 5.01. The molecule has 2 aromatic heterocycles. The summed E-state index contributed by atoms with van der Waals surface area (Å²) in [7, 11) is 0. The summed E-state index contributed by atoms with van der Waals surface area (Å²) in [5, 5.41) is 13.9. The molecule has 1 atom stereocenters. The van der Waals surface area contributed by atoms with Crippen molar-refractivity contribution in [2.75, 3.05) is 11.9 Å². The Hall–Kier alpha value is -2.15. The zero-order chi connectivity index (χ0) is 15.2. The van der Waals surface area contributed by atoms with Crippen LogP contribution in [0.1, 0.15) is 24.7 Å². The summed E-state index contributed by atoms with van der Waals surface area (Å²) in [6.07, 6.45) is 4.48. The molecule has 2 rings (SSSR count). The number of carbonyl (C=O) groups excluding carboxylic acids is 1. The lowest BCUT2D eigenvalue weighted by Gasteiger charge is -2.15. The number of aromatic nitrogens is 3. The van der Waals surface area contributed by atoms with Gasteiger partial charge < -0.3 is 15.2 Å². The maximum absolute atomic E-state index is 12.1. The molecule has 0 bridgehead atoms. The molecule has 0 saturated carbocycles. The zero-order valence-corrected chi connectivity index (χ0v) is 12.6. The van der Waals surface area contributed by atoms with Crippen LogP contribution in [0.25, 0.3) is 0 Å². The van der Waals surface area contributed by atoms with Crippen molar-refractivity contribution in [3.63, 3.8) is 0 Å². The van der Waals surface area contributed by atoms with Crippen LogP contribution in [-0.2, 0) is 11.3 Å². The van der Waals surface area contributed by atoms with Crippen molar-refractivity contribution in [1.82, 2.24) is 20.3 Å². The van der Waals surface area contributed by atoms with Crippen LogP contribution in [0.4, 0.5) is 5.82 Å². The average Bonchev–Trinajstić information content (AvgIpc) is 3.03. The van der Waals surface area contributed by atoms with Crippen LogP contribution < -0.4 is 10.6 Å². The molecular weight excluding hydrogens is 270 g/mol. The van der Waals surface area contributed by atoms with Crippen molar-refractivity contribution in [2.45, 2.75) is 39.8 Å². The number of amides is 1. The Morgan fingerprint density at radius 2 is 2.29 bits per heavy atom. The minimum absolute atomic E-state index is 0.109. The predicted molar refractivity (Wildman–Crippen MR) is 78.9 cm³/mol. The number of hydrogen-bond acceptors (Lipinski definition) is 5. The summed E-state index contributed by atoms with van der Waals surface area (Å²) in [5.74, 6) is 1.00. The van der Waals surface area contributed by atoms with Crippen molar-refractivity contribution in [3.05, 3.63) is 29.8 Å². The highest BCUT2D eigenvalue weighted by Gasteiger charge is 2.17. The van der Waals surface area contributed by atoms with Crippen LogP contribution >= 0.6 is 0 Å². The normalized spacial score (nSPS) is 12.3. The minimum atomic E-state index is -0.265. The number of nitrogens with one attached hydrogen (secondary N) is 2. The molecule has 2 aromatic rings. The van der Waals surface area contributed by atoms with Gasteiger partial charge in [-0.05, 0) is 25.8 Å². The number of anilines is 1. The lowest BCUT2D eigenvalue weighted by atomic mass is 10.2. The summed E-state index contributed by atoms with van der Waals surface area (Å²) in [5.41, 5.74) is 1.13. The summed E-state index contributed by atoms with van der Waals surface area (Å²) in [6.45, 7) is 7.14. The topological polar surface area (TPSA) is 85.0 Å². The van der Waals surface area contributed by atoms with Crippen molar-refractivity contribution in [3.8, 4) is 0 Å². The standard InChI is InChI=1S/C14H21N5O2/c1-4-12(14(20)17-13-7-11(3)21-18-13)15-5-6-19-9-10(2)8-16-19/h7-9,12,15H,4-6H2,1-3H3,(H,17,18,20)/t12-/m0/s1. The third-order valence-electron chi connectivity index (χ3n) is 3.10. The van der Waals surface area contributed by atoms with Crippen LogP contribution in [0.15, 0.2) is 23.0 Å². The second kappa shape index (κ2) is 7.03. The van der Waals surface area contributed by atoms with Gasteiger partial charge in [-0.3, -0.25) is 9.48 Å². The van der Waals surface area contributed by atoms with E-state index in [4.69, 9.17) is 4.52 Å². The molecule has 0 spiro atoms. The number of carbonyl (C=O) groups is 1. The highest BCUT2D eigenvalue weighted by molar-refractivity contribution is 5.93. The number of rotatable bonds is 7. The van der Waals surface area contributed by atoms with E-state index in [1.807, 2.05) is 30.9 Å². The first-order valence-corrected chi connectivity index (χ1v) is 7.05. The molecule has 0 aliphatic rings. The van der Waals surface area contributed by atoms with Gasteiger partial charge in [0.15, 0.2) is 5.82 Å². The summed E-state index contributed by atoms with van der Waals surface area (Å²) in [6, 6.07) is 1.43. The molecule has 21 heavy (non-hydrogen) atoms. The minimum Gasteiger partial charge on any atom is -0.360 e. The Morgan fingerprint density at radius 3 is 2.86 bits per heavy atom. The fourth-order valence-electron chi connectivity index (χ4n) is 2.00. The molecule has 7 heteroatoms. The van der Waals surface area contributed by atoms with Gasteiger partial charge in [0.1, 0.15) is 5.76 Å². The number of nitrogens with zero attached hydrogens (tertiary/aromatic N) is 3. The van der Waals surface area contributed by atoms with E-state index in [1.165, 1.54) is 0 Å². The lowest BCUT2D eigenvalue weighted by molar-refractivity contribution is -0.118. The SMILES string of the molecule is CC[C@H](NCCn1cc(C)cn1)C(=O)Nc1cc(C)on1. The summed E-state index contributed by atoms with van der Waals surface area (Å²) in [4.78, 5) is 12.1. The number of hydrogen-bond donors (Lipinski definition) is 2. The predicted octanol–water partition coefficient (Wildman–Crippen LogP) is 1.49. The summed E-state index contributed by atoms with van der Waals surface area (Å²) >= 11 is 0. The van der Waals surface area contributed by atoms with E-state index in [2.05, 4.69) is 20.9 Å². The van der Waals surface area contributed by atoms with E-state index in [1.54, 1.807) is 13.0 Å². The van der Waals surface area contributed by atoms with Gasteiger partial charge >= 0.3 is 0 Å². The molecule has 0 fully saturated rings. The summed E-state index contributed by atoms with van der Waals surface area (Å²) < 4.78 is 6.78. The molecule has 0 aliphatic heterocycles. The molecular formula is C14H21N5O2. The van der Waals surface area contributed by atoms with Gasteiger partial charge in [0, 0.05) is 18.8 Å². The molecule has 0 aliphatic carbocycles. The Balaban J connectivity index is 1.80. The fraction of sp³-hybridized carbons (Fsp3) is 0.500. The Kier molecular flexibility index (Phi) is 5.10. The lowest BCUT2D eigenvalue weighted by Crippen LogP contribution is -2.41. The smallest absolute Gasteiger partial charge is 0.242 e. The van der Waals surface area contributed by atoms with Gasteiger partial charge in [0.2, 0.25) is 5.91 Å². The quantitative estimate of drug-likeness (QED) is 0.807. The van der Waals surface area contributed by atoms with E-state index in [-0.39, 0.29) is 11.9 Å². The Morgan fingerprint density at radius 1 is 1.48 bits per heavy atom.